The van der Waals surface area contributed by atoms with Gasteiger partial charge in [0.1, 0.15) is 0 Å². The summed E-state index contributed by atoms with van der Waals surface area (Å²) in [7, 11) is 0. The van der Waals surface area contributed by atoms with E-state index in [9.17, 15) is 4.79 Å². The number of nitrogens with one attached hydrogen (secondary N) is 1. The van der Waals surface area contributed by atoms with Crippen molar-refractivity contribution in [1.29, 1.82) is 0 Å². The van der Waals surface area contributed by atoms with Gasteiger partial charge in [-0.25, -0.2) is 4.98 Å². The van der Waals surface area contributed by atoms with Crippen LogP contribution in [0.15, 0.2) is 51.0 Å². The standard InChI is InChI=1S/C11H9BrN2OS/c12-9-4-2-1-3-8(9)7-16-11-13-6-5-10(15)14-11/h1-6H,7H2,(H,13,14,15). The number of aromatic nitrogens is 2. The molecule has 0 aliphatic rings. The van der Waals surface area contributed by atoms with Gasteiger partial charge in [-0.2, -0.15) is 0 Å². The van der Waals surface area contributed by atoms with Crippen molar-refractivity contribution in [2.24, 2.45) is 0 Å². The largest absolute Gasteiger partial charge is 0.301 e. The van der Waals surface area contributed by atoms with Crippen LogP contribution in [0.2, 0.25) is 0 Å². The van der Waals surface area contributed by atoms with Gasteiger partial charge in [-0.3, -0.25) is 4.79 Å². The maximum Gasteiger partial charge on any atom is 0.251 e. The molecule has 16 heavy (non-hydrogen) atoms. The molecule has 2 aromatic rings. The van der Waals surface area contributed by atoms with Gasteiger partial charge < -0.3 is 4.98 Å². The molecule has 1 aromatic heterocycles. The molecular formula is C11H9BrN2OS. The molecule has 1 aromatic carbocycles. The second-order valence-corrected chi connectivity index (χ2v) is 4.94. The molecule has 0 amide bonds. The quantitative estimate of drug-likeness (QED) is 0.700. The summed E-state index contributed by atoms with van der Waals surface area (Å²) in [6, 6.07) is 9.40. The molecule has 0 fully saturated rings. The van der Waals surface area contributed by atoms with E-state index in [1.165, 1.54) is 29.6 Å². The van der Waals surface area contributed by atoms with Crippen LogP contribution in [0.25, 0.3) is 0 Å². The van der Waals surface area contributed by atoms with Gasteiger partial charge in [-0.05, 0) is 11.6 Å². The number of hydrogen-bond acceptors (Lipinski definition) is 3. The Morgan fingerprint density at radius 3 is 2.88 bits per heavy atom. The predicted octanol–water partition coefficient (Wildman–Crippen LogP) is 2.82. The van der Waals surface area contributed by atoms with Crippen molar-refractivity contribution < 1.29 is 0 Å². The van der Waals surface area contributed by atoms with E-state index in [1.54, 1.807) is 0 Å². The zero-order valence-electron chi connectivity index (χ0n) is 8.31. The third kappa shape index (κ3) is 2.96. The van der Waals surface area contributed by atoms with Crippen molar-refractivity contribution >= 4 is 27.7 Å². The molecule has 0 spiro atoms. The summed E-state index contributed by atoms with van der Waals surface area (Å²) in [5, 5.41) is 0.642. The highest BCUT2D eigenvalue weighted by molar-refractivity contribution is 9.10. The van der Waals surface area contributed by atoms with Gasteiger partial charge in [0.2, 0.25) is 0 Å². The second-order valence-electron chi connectivity index (χ2n) is 3.12. The lowest BCUT2D eigenvalue weighted by Gasteiger charge is -2.02. The fourth-order valence-corrected chi connectivity index (χ4v) is 2.65. The van der Waals surface area contributed by atoms with E-state index < -0.39 is 0 Å². The third-order valence-corrected chi connectivity index (χ3v) is 3.68. The highest BCUT2D eigenvalue weighted by Crippen LogP contribution is 2.23. The first-order valence-corrected chi connectivity index (χ1v) is 6.45. The molecule has 0 saturated carbocycles. The Balaban J connectivity index is 2.08. The van der Waals surface area contributed by atoms with Gasteiger partial charge >= 0.3 is 0 Å². The van der Waals surface area contributed by atoms with Crippen molar-refractivity contribution in [1.82, 2.24) is 9.97 Å². The number of aromatic amines is 1. The summed E-state index contributed by atoms with van der Waals surface area (Å²) >= 11 is 4.98. The van der Waals surface area contributed by atoms with Crippen LogP contribution in [-0.4, -0.2) is 9.97 Å². The minimum atomic E-state index is -0.121. The lowest BCUT2D eigenvalue weighted by atomic mass is 10.2. The van der Waals surface area contributed by atoms with Gasteiger partial charge in [0.25, 0.3) is 5.56 Å². The normalized spacial score (nSPS) is 10.3. The number of thioether (sulfide) groups is 1. The van der Waals surface area contributed by atoms with Crippen molar-refractivity contribution in [3.8, 4) is 0 Å². The average Bonchev–Trinajstić information content (AvgIpc) is 2.28. The number of H-pyrrole nitrogens is 1. The Labute approximate surface area is 105 Å². The SMILES string of the molecule is O=c1ccnc(SCc2ccccc2Br)[nH]1. The molecule has 2 rings (SSSR count). The number of halogens is 1. The zero-order valence-corrected chi connectivity index (χ0v) is 10.7. The summed E-state index contributed by atoms with van der Waals surface area (Å²) in [4.78, 5) is 17.8. The fraction of sp³-hybridized carbons (Fsp3) is 0.0909. The van der Waals surface area contributed by atoms with Gasteiger partial charge in [0.15, 0.2) is 5.16 Å². The molecule has 1 N–H and O–H groups in total. The monoisotopic (exact) mass is 296 g/mol. The Morgan fingerprint density at radius 1 is 1.31 bits per heavy atom. The minimum Gasteiger partial charge on any atom is -0.301 e. The summed E-state index contributed by atoms with van der Waals surface area (Å²) in [6.07, 6.45) is 1.52. The summed E-state index contributed by atoms with van der Waals surface area (Å²) < 4.78 is 1.07. The average molecular weight is 297 g/mol. The van der Waals surface area contributed by atoms with Gasteiger partial charge in [-0.15, -0.1) is 0 Å². The van der Waals surface area contributed by atoms with E-state index in [-0.39, 0.29) is 5.56 Å². The first kappa shape index (κ1) is 11.4. The molecule has 3 nitrogen and oxygen atoms in total. The van der Waals surface area contributed by atoms with E-state index in [0.717, 1.165) is 10.2 Å². The van der Waals surface area contributed by atoms with Crippen LogP contribution < -0.4 is 5.56 Å². The molecule has 0 aliphatic heterocycles. The van der Waals surface area contributed by atoms with Crippen LogP contribution in [0, 0.1) is 0 Å². The number of nitrogens with zero attached hydrogens (tertiary/aromatic N) is 1. The molecule has 0 aliphatic carbocycles. The molecule has 0 radical (unpaired) electrons. The molecule has 82 valence electrons. The Hall–Kier alpha value is -1.07. The molecule has 1 heterocycles. The van der Waals surface area contributed by atoms with Crippen molar-refractivity contribution in [2.75, 3.05) is 0 Å². The maximum absolute atomic E-state index is 11.1. The summed E-state index contributed by atoms with van der Waals surface area (Å²) in [5.41, 5.74) is 1.06. The molecule has 0 bridgehead atoms. The van der Waals surface area contributed by atoms with Crippen molar-refractivity contribution in [2.45, 2.75) is 10.9 Å². The lowest BCUT2D eigenvalue weighted by Crippen LogP contribution is -2.05. The van der Waals surface area contributed by atoms with Gasteiger partial charge in [0, 0.05) is 22.5 Å². The highest BCUT2D eigenvalue weighted by Gasteiger charge is 2.01. The van der Waals surface area contributed by atoms with Crippen LogP contribution in [0.3, 0.4) is 0 Å². The van der Waals surface area contributed by atoms with Crippen LogP contribution in [0.1, 0.15) is 5.56 Å². The maximum atomic E-state index is 11.1. The Bertz CT molecular complexity index is 541. The van der Waals surface area contributed by atoms with E-state index in [0.29, 0.717) is 5.16 Å². The van der Waals surface area contributed by atoms with E-state index >= 15 is 0 Å². The highest BCUT2D eigenvalue weighted by atomic mass is 79.9. The molecule has 0 unspecified atom stereocenters. The third-order valence-electron chi connectivity index (χ3n) is 1.97. The molecule has 0 saturated heterocycles. The van der Waals surface area contributed by atoms with Crippen molar-refractivity contribution in [3.05, 3.63) is 56.9 Å². The zero-order chi connectivity index (χ0) is 11.4. The first-order chi connectivity index (χ1) is 7.75. The topological polar surface area (TPSA) is 45.8 Å². The molecule has 5 heteroatoms. The number of hydrogen-bond donors (Lipinski definition) is 1. The van der Waals surface area contributed by atoms with Gasteiger partial charge in [0.05, 0.1) is 0 Å². The van der Waals surface area contributed by atoms with Gasteiger partial charge in [-0.1, -0.05) is 45.9 Å². The predicted molar refractivity (Wildman–Crippen MR) is 68.6 cm³/mol. The summed E-state index contributed by atoms with van der Waals surface area (Å²) in [6.45, 7) is 0. The minimum absolute atomic E-state index is 0.121. The Morgan fingerprint density at radius 2 is 2.12 bits per heavy atom. The van der Waals surface area contributed by atoms with E-state index in [1.807, 2.05) is 24.3 Å². The van der Waals surface area contributed by atoms with Crippen LogP contribution >= 0.6 is 27.7 Å². The smallest absolute Gasteiger partial charge is 0.251 e. The van der Waals surface area contributed by atoms with Crippen LogP contribution in [0.4, 0.5) is 0 Å². The number of rotatable bonds is 3. The Kier molecular flexibility index (Phi) is 3.79. The fourth-order valence-electron chi connectivity index (χ4n) is 1.19. The number of benzene rings is 1. The lowest BCUT2D eigenvalue weighted by molar-refractivity contribution is 0.936. The second kappa shape index (κ2) is 5.32. The first-order valence-electron chi connectivity index (χ1n) is 4.67. The van der Waals surface area contributed by atoms with Crippen LogP contribution in [-0.2, 0) is 5.75 Å². The molecular weight excluding hydrogens is 288 g/mol. The van der Waals surface area contributed by atoms with Crippen molar-refractivity contribution in [3.63, 3.8) is 0 Å². The van der Waals surface area contributed by atoms with Crippen LogP contribution in [0.5, 0.6) is 0 Å². The summed E-state index contributed by atoms with van der Waals surface area (Å²) in [5.74, 6) is 0.772. The van der Waals surface area contributed by atoms with E-state index in [2.05, 4.69) is 25.9 Å². The molecule has 0 atom stereocenters. The van der Waals surface area contributed by atoms with E-state index in [4.69, 9.17) is 0 Å².